The normalized spacial score (nSPS) is 12.9. The molecule has 0 bridgehead atoms. The summed E-state index contributed by atoms with van der Waals surface area (Å²) >= 11 is 1.42. The molecular weight excluding hydrogens is 1280 g/mol. The van der Waals surface area contributed by atoms with E-state index in [0.29, 0.717) is 60.9 Å². The number of anilines is 15. The highest BCUT2D eigenvalue weighted by molar-refractivity contribution is 8.00. The SMILES string of the molecule is Fc1ccc(N2c3cc4c(cc3B3c5ccccc5N(c5c(F)cccc5F)c5cc(N(c6ccccc6)c6c(F)cccc6F)cc2c53)B2c3ccccc3N(c3c(F)cccc3F)c3cc(N(c5ccc(-c6ccccc6)cc5)c5ccccc5-c5ccccc5)cc(c32)S4)c(F)c1. The van der Waals surface area contributed by atoms with E-state index in [1.807, 2.05) is 97.1 Å². The van der Waals surface area contributed by atoms with Gasteiger partial charge in [-0.1, -0.05) is 187 Å². The van der Waals surface area contributed by atoms with Crippen LogP contribution in [0.15, 0.2) is 307 Å². The Morgan fingerprint density at radius 1 is 0.270 bits per heavy atom. The summed E-state index contributed by atoms with van der Waals surface area (Å²) in [5, 5.41) is 0. The second-order valence-electron chi connectivity index (χ2n) is 24.9. The average molecular weight is 1330 g/mol. The first-order valence-corrected chi connectivity index (χ1v) is 33.3. The van der Waals surface area contributed by atoms with Crippen molar-refractivity contribution in [3.05, 3.63) is 344 Å². The van der Waals surface area contributed by atoms with Crippen LogP contribution in [-0.4, -0.2) is 13.4 Å². The molecule has 4 heterocycles. The van der Waals surface area contributed by atoms with Gasteiger partial charge >= 0.3 is 0 Å². The summed E-state index contributed by atoms with van der Waals surface area (Å²) in [6.45, 7) is -1.49. The first kappa shape index (κ1) is 60.4. The van der Waals surface area contributed by atoms with Crippen LogP contribution in [0.25, 0.3) is 22.3 Å². The van der Waals surface area contributed by atoms with Crippen molar-refractivity contribution in [2.24, 2.45) is 0 Å². The summed E-state index contributed by atoms with van der Waals surface area (Å²) in [5.41, 5.74) is 11.3. The quantitative estimate of drug-likeness (QED) is 0.0941. The van der Waals surface area contributed by atoms with Gasteiger partial charge < -0.3 is 24.5 Å². The van der Waals surface area contributed by atoms with Gasteiger partial charge in [-0.15, -0.1) is 0 Å². The Bertz CT molecular complexity index is 5600. The summed E-state index contributed by atoms with van der Waals surface area (Å²) < 4.78 is 135. The van der Waals surface area contributed by atoms with Gasteiger partial charge in [0.2, 0.25) is 6.71 Å². The predicted octanol–water partition coefficient (Wildman–Crippen LogP) is 19.9. The van der Waals surface area contributed by atoms with E-state index >= 15 is 35.1 Å². The Balaban J connectivity index is 0.930. The largest absolute Gasteiger partial charge is 0.310 e. The number of nitrogens with zero attached hydrogens (tertiary/aromatic N) is 5. The lowest BCUT2D eigenvalue weighted by Crippen LogP contribution is -2.64. The number of hydrogen-bond acceptors (Lipinski definition) is 6. The van der Waals surface area contributed by atoms with E-state index in [2.05, 4.69) is 77.7 Å². The average Bonchev–Trinajstić information content (AvgIpc) is 0.688. The molecule has 4 aliphatic heterocycles. The van der Waals surface area contributed by atoms with Crippen LogP contribution in [0.1, 0.15) is 0 Å². The van der Waals surface area contributed by atoms with Crippen LogP contribution in [0.5, 0.6) is 0 Å². The van der Waals surface area contributed by atoms with Crippen LogP contribution >= 0.6 is 11.8 Å². The number of benzene rings is 14. The fourth-order valence-corrected chi connectivity index (χ4v) is 16.5. The fourth-order valence-electron chi connectivity index (χ4n) is 15.3. The maximum absolute atomic E-state index is 17.7. The van der Waals surface area contributed by atoms with Crippen molar-refractivity contribution in [1.29, 1.82) is 0 Å². The van der Waals surface area contributed by atoms with Gasteiger partial charge in [0, 0.05) is 72.6 Å². The van der Waals surface area contributed by atoms with Crippen LogP contribution in [0.3, 0.4) is 0 Å². The second kappa shape index (κ2) is 23.9. The maximum atomic E-state index is 17.7. The van der Waals surface area contributed by atoms with Crippen molar-refractivity contribution in [3.63, 3.8) is 0 Å². The Morgan fingerprint density at radius 2 is 0.750 bits per heavy atom. The third kappa shape index (κ3) is 9.63. The van der Waals surface area contributed by atoms with Crippen molar-refractivity contribution in [3.8, 4) is 22.3 Å². The zero-order valence-electron chi connectivity index (χ0n) is 52.6. The molecule has 18 rings (SSSR count). The molecule has 0 spiro atoms. The smallest absolute Gasteiger partial charge is 0.252 e. The molecule has 0 unspecified atom stereocenters. The summed E-state index contributed by atoms with van der Waals surface area (Å²) in [6.07, 6.45) is 0. The molecule has 100 heavy (non-hydrogen) atoms. The van der Waals surface area contributed by atoms with Crippen LogP contribution in [0, 0.1) is 46.5 Å². The Hall–Kier alpha value is -12.0. The van der Waals surface area contributed by atoms with Gasteiger partial charge in [-0.2, -0.15) is 0 Å². The van der Waals surface area contributed by atoms with Gasteiger partial charge in [-0.3, -0.25) is 0 Å². The van der Waals surface area contributed by atoms with E-state index in [0.717, 1.165) is 85.8 Å². The molecule has 14 aromatic carbocycles. The minimum absolute atomic E-state index is 0.115. The van der Waals surface area contributed by atoms with E-state index in [1.54, 1.807) is 64.4 Å². The molecule has 0 amide bonds. The molecule has 0 aliphatic carbocycles. The predicted molar refractivity (Wildman–Crippen MR) is 390 cm³/mol. The van der Waals surface area contributed by atoms with E-state index in [1.165, 1.54) is 58.0 Å². The van der Waals surface area contributed by atoms with Crippen LogP contribution in [-0.2, 0) is 0 Å². The van der Waals surface area contributed by atoms with Crippen molar-refractivity contribution in [1.82, 2.24) is 0 Å². The number of hydrogen-bond donors (Lipinski definition) is 0. The molecule has 0 saturated heterocycles. The second-order valence-corrected chi connectivity index (χ2v) is 26.0. The van der Waals surface area contributed by atoms with Gasteiger partial charge in [-0.25, -0.2) is 35.1 Å². The van der Waals surface area contributed by atoms with Gasteiger partial charge in [0.1, 0.15) is 63.6 Å². The molecule has 14 aromatic rings. The van der Waals surface area contributed by atoms with Crippen molar-refractivity contribution < 1.29 is 35.1 Å². The monoisotopic (exact) mass is 1330 g/mol. The van der Waals surface area contributed by atoms with Gasteiger partial charge in [0.15, 0.2) is 0 Å². The van der Waals surface area contributed by atoms with Crippen LogP contribution in [0.2, 0.25) is 0 Å². The first-order chi connectivity index (χ1) is 48.9. The minimum atomic E-state index is -0.962. The third-order valence-electron chi connectivity index (χ3n) is 19.4. The summed E-state index contributed by atoms with van der Waals surface area (Å²) in [4.78, 5) is 9.77. The Morgan fingerprint density at radius 3 is 1.35 bits per heavy atom. The fraction of sp³-hybridized carbons (Fsp3) is 0. The molecule has 5 nitrogen and oxygen atoms in total. The molecule has 0 N–H and O–H groups in total. The molecule has 0 aromatic heterocycles. The standard InChI is InChI=1S/C84H49B2F8N5S/c87-53-39-42-73(69(94)43-53)97-74-49-78-62(48-61(74)85-59-26-11-14-35-71(59)98(83-65(90)30-17-31-66(83)91)76-45-56(44-75(97)80(76)85)96(54-23-8-3-9-24-54)82-63(88)28-16-29-64(82)89)86-60-27-12-15-36-72(60)99(84-67(92)32-18-33-68(84)93)77-46-57(47-79(100-78)81(77)86)95(55-40-37-51(38-41-55)50-19-4-1-5-20-50)70-34-13-10-25-58(70)52-21-6-2-7-22-52/h1-49H. The van der Waals surface area contributed by atoms with E-state index in [4.69, 9.17) is 0 Å². The molecule has 16 heteroatoms. The molecule has 0 radical (unpaired) electrons. The number of halogens is 8. The first-order valence-electron chi connectivity index (χ1n) is 32.5. The molecule has 0 fully saturated rings. The lowest BCUT2D eigenvalue weighted by atomic mass is 9.31. The van der Waals surface area contributed by atoms with Crippen molar-refractivity contribution >= 4 is 143 Å². The van der Waals surface area contributed by atoms with Gasteiger partial charge in [0.25, 0.3) is 6.71 Å². The zero-order chi connectivity index (χ0) is 67.6. The molecule has 0 saturated carbocycles. The van der Waals surface area contributed by atoms with E-state index in [9.17, 15) is 0 Å². The minimum Gasteiger partial charge on any atom is -0.310 e. The summed E-state index contributed by atoms with van der Waals surface area (Å²) in [7, 11) is 0. The van der Waals surface area contributed by atoms with Crippen molar-refractivity contribution in [2.45, 2.75) is 9.79 Å². The molecule has 4 aliphatic rings. The maximum Gasteiger partial charge on any atom is 0.252 e. The van der Waals surface area contributed by atoms with E-state index in [-0.39, 0.29) is 28.4 Å². The molecule has 0 atom stereocenters. The lowest BCUT2D eigenvalue weighted by molar-refractivity contribution is 0.584. The Kier molecular flexibility index (Phi) is 14.5. The topological polar surface area (TPSA) is 16.2 Å². The number of para-hydroxylation sites is 7. The summed E-state index contributed by atoms with van der Waals surface area (Å²) in [5.74, 6) is -7.07. The highest BCUT2D eigenvalue weighted by Crippen LogP contribution is 2.53. The number of fused-ring (bicyclic) bond motifs is 8. The van der Waals surface area contributed by atoms with Crippen LogP contribution in [0.4, 0.5) is 120 Å². The van der Waals surface area contributed by atoms with Crippen LogP contribution < -0.4 is 57.3 Å². The molecule has 478 valence electrons. The Labute approximate surface area is 575 Å². The van der Waals surface area contributed by atoms with Gasteiger partial charge in [0.05, 0.1) is 17.1 Å². The zero-order valence-corrected chi connectivity index (χ0v) is 53.4. The van der Waals surface area contributed by atoms with Gasteiger partial charge in [-0.05, 0) is 165 Å². The molecular formula is C84H49B2F8N5S. The lowest BCUT2D eigenvalue weighted by Gasteiger charge is -2.46. The van der Waals surface area contributed by atoms with E-state index < -0.39 is 71.3 Å². The summed E-state index contributed by atoms with van der Waals surface area (Å²) in [6, 6.07) is 85.5. The third-order valence-corrected chi connectivity index (χ3v) is 20.5. The highest BCUT2D eigenvalue weighted by atomic mass is 32.2. The number of rotatable bonds is 11. The van der Waals surface area contributed by atoms with Crippen molar-refractivity contribution in [2.75, 3.05) is 24.5 Å². The highest BCUT2D eigenvalue weighted by Gasteiger charge is 2.49.